The second-order valence-corrected chi connectivity index (χ2v) is 8.46. The number of aromatic hydroxyl groups is 1. The minimum Gasteiger partial charge on any atom is -0.506 e. The summed E-state index contributed by atoms with van der Waals surface area (Å²) in [5.74, 6) is -0.511. The first kappa shape index (κ1) is 16.8. The number of likely N-dealkylation sites (tertiary alicyclic amines) is 1. The molecule has 140 valence electrons. The molecule has 0 unspecified atom stereocenters. The highest BCUT2D eigenvalue weighted by Gasteiger charge is 2.67. The van der Waals surface area contributed by atoms with Gasteiger partial charge in [0, 0.05) is 11.1 Å². The third-order valence-electron chi connectivity index (χ3n) is 6.68. The fourth-order valence-corrected chi connectivity index (χ4v) is 5.49. The van der Waals surface area contributed by atoms with Crippen LogP contribution in [0.25, 0.3) is 0 Å². The Balaban J connectivity index is 1.38. The number of nitrogens with zero attached hydrogens (tertiary/aromatic N) is 1. The molecule has 1 saturated heterocycles. The normalized spacial score (nSPS) is 36.4. The van der Waals surface area contributed by atoms with Gasteiger partial charge in [0.05, 0.1) is 17.5 Å². The Kier molecular flexibility index (Phi) is 3.47. The van der Waals surface area contributed by atoms with E-state index in [-0.39, 0.29) is 46.9 Å². The summed E-state index contributed by atoms with van der Waals surface area (Å²) in [6.45, 7) is 1.55. The van der Waals surface area contributed by atoms with Crippen molar-refractivity contribution in [3.8, 4) is 5.75 Å². The maximum Gasteiger partial charge on any atom is 0.247 e. The summed E-state index contributed by atoms with van der Waals surface area (Å²) in [6.07, 6.45) is 5.30. The number of carbonyl (C=O) groups excluding carboxylic acids is 3. The third kappa shape index (κ3) is 2.29. The van der Waals surface area contributed by atoms with Gasteiger partial charge in [0.15, 0.2) is 0 Å². The smallest absolute Gasteiger partial charge is 0.247 e. The molecule has 0 spiro atoms. The molecule has 2 saturated carbocycles. The molecule has 6 rings (SSSR count). The standard InChI is InChI=1S/C20H19ClN2O4/c1-8(18(25)22-14-5-2-9(21)6-15(14)24)23-19(26)16-10-3-4-11(13-7-12(10)13)17(16)20(23)27/h2-6,8,10-13,16-17,24H,7H2,1H3,(H,22,25)/t8-,10+,11+,12-,13+,16-,17+/m1/s1. The van der Waals surface area contributed by atoms with E-state index in [0.717, 1.165) is 11.3 Å². The number of carbonyl (C=O) groups is 3. The van der Waals surface area contributed by atoms with Crippen molar-refractivity contribution >= 4 is 35.0 Å². The number of phenols is 1. The van der Waals surface area contributed by atoms with Crippen LogP contribution in [-0.4, -0.2) is 33.8 Å². The van der Waals surface area contributed by atoms with Gasteiger partial charge in [-0.1, -0.05) is 23.8 Å². The van der Waals surface area contributed by atoms with Crippen molar-refractivity contribution in [3.05, 3.63) is 35.4 Å². The number of benzene rings is 1. The molecular weight excluding hydrogens is 368 g/mol. The van der Waals surface area contributed by atoms with E-state index < -0.39 is 11.9 Å². The summed E-state index contributed by atoms with van der Waals surface area (Å²) >= 11 is 5.80. The van der Waals surface area contributed by atoms with Crippen molar-refractivity contribution in [1.29, 1.82) is 0 Å². The van der Waals surface area contributed by atoms with E-state index in [9.17, 15) is 19.5 Å². The van der Waals surface area contributed by atoms with Gasteiger partial charge < -0.3 is 10.4 Å². The molecule has 1 aliphatic heterocycles. The van der Waals surface area contributed by atoms with E-state index in [1.165, 1.54) is 18.2 Å². The summed E-state index contributed by atoms with van der Waals surface area (Å²) in [7, 11) is 0. The molecule has 1 aromatic rings. The summed E-state index contributed by atoms with van der Waals surface area (Å²) in [4.78, 5) is 39.9. The molecule has 3 fully saturated rings. The van der Waals surface area contributed by atoms with Crippen molar-refractivity contribution < 1.29 is 19.5 Å². The Morgan fingerprint density at radius 3 is 2.33 bits per heavy atom. The van der Waals surface area contributed by atoms with Gasteiger partial charge in [0.25, 0.3) is 0 Å². The summed E-state index contributed by atoms with van der Waals surface area (Å²) in [5.41, 5.74) is 0.191. The van der Waals surface area contributed by atoms with Crippen LogP contribution in [-0.2, 0) is 14.4 Å². The number of rotatable bonds is 3. The number of nitrogens with one attached hydrogen (secondary N) is 1. The monoisotopic (exact) mass is 386 g/mol. The van der Waals surface area contributed by atoms with Gasteiger partial charge in [-0.25, -0.2) is 0 Å². The highest BCUT2D eigenvalue weighted by atomic mass is 35.5. The zero-order valence-electron chi connectivity index (χ0n) is 14.6. The van der Waals surface area contributed by atoms with E-state index >= 15 is 0 Å². The van der Waals surface area contributed by atoms with Gasteiger partial charge in [-0.05, 0) is 49.1 Å². The van der Waals surface area contributed by atoms with Crippen molar-refractivity contribution in [2.75, 3.05) is 5.32 Å². The molecule has 6 nitrogen and oxygen atoms in total. The van der Waals surface area contributed by atoms with Crippen LogP contribution < -0.4 is 5.32 Å². The molecule has 0 aromatic heterocycles. The van der Waals surface area contributed by atoms with E-state index in [0.29, 0.717) is 16.9 Å². The summed E-state index contributed by atoms with van der Waals surface area (Å²) in [6, 6.07) is 3.39. The number of hydrogen-bond acceptors (Lipinski definition) is 4. The Hall–Kier alpha value is -2.34. The number of anilines is 1. The first-order chi connectivity index (χ1) is 12.9. The van der Waals surface area contributed by atoms with E-state index in [1.54, 1.807) is 6.92 Å². The Labute approximate surface area is 161 Å². The maximum absolute atomic E-state index is 13.0. The second-order valence-electron chi connectivity index (χ2n) is 8.03. The molecule has 2 bridgehead atoms. The average molecular weight is 387 g/mol. The van der Waals surface area contributed by atoms with Crippen LogP contribution in [0, 0.1) is 35.5 Å². The maximum atomic E-state index is 13.0. The van der Waals surface area contributed by atoms with Gasteiger partial charge in [-0.15, -0.1) is 0 Å². The van der Waals surface area contributed by atoms with E-state index in [2.05, 4.69) is 17.5 Å². The molecule has 7 heteroatoms. The topological polar surface area (TPSA) is 86.7 Å². The molecule has 5 aliphatic rings. The predicted octanol–water partition coefficient (Wildman–Crippen LogP) is 2.43. The van der Waals surface area contributed by atoms with E-state index in [1.807, 2.05) is 0 Å². The number of halogens is 1. The molecule has 27 heavy (non-hydrogen) atoms. The van der Waals surface area contributed by atoms with Gasteiger partial charge in [-0.3, -0.25) is 19.3 Å². The first-order valence-electron chi connectivity index (χ1n) is 9.23. The Bertz CT molecular complexity index is 877. The van der Waals surface area contributed by atoms with Gasteiger partial charge >= 0.3 is 0 Å². The quantitative estimate of drug-likeness (QED) is 0.474. The van der Waals surface area contributed by atoms with Crippen LogP contribution >= 0.6 is 11.6 Å². The highest BCUT2D eigenvalue weighted by Crippen LogP contribution is 2.65. The Morgan fingerprint density at radius 1 is 1.19 bits per heavy atom. The lowest BCUT2D eigenvalue weighted by Crippen LogP contribution is -2.46. The molecule has 7 atom stereocenters. The fraction of sp³-hybridized carbons (Fsp3) is 0.450. The molecule has 4 aliphatic carbocycles. The van der Waals surface area contributed by atoms with Crippen LogP contribution in [0.4, 0.5) is 5.69 Å². The molecule has 1 heterocycles. The molecule has 2 N–H and O–H groups in total. The lowest BCUT2D eigenvalue weighted by Gasteiger charge is -2.37. The highest BCUT2D eigenvalue weighted by molar-refractivity contribution is 6.30. The average Bonchev–Trinajstić information content (AvgIpc) is 3.41. The lowest BCUT2D eigenvalue weighted by molar-refractivity contribution is -0.146. The predicted molar refractivity (Wildman–Crippen MR) is 97.8 cm³/mol. The van der Waals surface area contributed by atoms with Crippen molar-refractivity contribution in [1.82, 2.24) is 4.90 Å². The van der Waals surface area contributed by atoms with E-state index in [4.69, 9.17) is 11.6 Å². The SMILES string of the molecule is C[C@H](C(=O)Nc1ccc(Cl)cc1O)N1C(=O)[C@@H]2[C@H]3C=C[C@@H]([C@@H]4C[C@H]34)[C@@H]2C1=O. The van der Waals surface area contributed by atoms with Crippen LogP contribution in [0.3, 0.4) is 0 Å². The fourth-order valence-electron chi connectivity index (χ4n) is 5.33. The lowest BCUT2D eigenvalue weighted by atomic mass is 9.63. The summed E-state index contributed by atoms with van der Waals surface area (Å²) in [5, 5.41) is 12.8. The third-order valence-corrected chi connectivity index (χ3v) is 6.92. The molecule has 3 amide bonds. The largest absolute Gasteiger partial charge is 0.506 e. The first-order valence-corrected chi connectivity index (χ1v) is 9.61. The van der Waals surface area contributed by atoms with Crippen molar-refractivity contribution in [3.63, 3.8) is 0 Å². The zero-order chi connectivity index (χ0) is 19.0. The Morgan fingerprint density at radius 2 is 1.78 bits per heavy atom. The number of amides is 3. The van der Waals surface area contributed by atoms with Crippen LogP contribution in [0.1, 0.15) is 13.3 Å². The van der Waals surface area contributed by atoms with Crippen LogP contribution in [0.2, 0.25) is 5.02 Å². The van der Waals surface area contributed by atoms with Crippen molar-refractivity contribution in [2.45, 2.75) is 19.4 Å². The molecular formula is C20H19ClN2O4. The van der Waals surface area contributed by atoms with Gasteiger partial charge in [0.2, 0.25) is 17.7 Å². The van der Waals surface area contributed by atoms with Crippen LogP contribution in [0.15, 0.2) is 30.4 Å². The minimum atomic E-state index is -0.943. The summed E-state index contributed by atoms with van der Waals surface area (Å²) < 4.78 is 0. The minimum absolute atomic E-state index is 0.127. The second kappa shape index (κ2) is 5.58. The number of phenolic OH excluding ortho intramolecular Hbond substituents is 1. The zero-order valence-corrected chi connectivity index (χ0v) is 15.4. The van der Waals surface area contributed by atoms with Gasteiger partial charge in [-0.2, -0.15) is 0 Å². The number of hydrogen-bond donors (Lipinski definition) is 2. The van der Waals surface area contributed by atoms with Crippen LogP contribution in [0.5, 0.6) is 5.75 Å². The van der Waals surface area contributed by atoms with Crippen molar-refractivity contribution in [2.24, 2.45) is 35.5 Å². The molecule has 0 radical (unpaired) electrons. The number of allylic oxidation sites excluding steroid dienone is 2. The molecule has 1 aromatic carbocycles. The van der Waals surface area contributed by atoms with Gasteiger partial charge in [0.1, 0.15) is 11.8 Å². The number of imide groups is 1.